The number of para-hydroxylation sites is 2. The number of ether oxygens (including phenoxy) is 1. The molecule has 2 rings (SSSR count). The molecule has 12 heavy (non-hydrogen) atoms. The minimum absolute atomic E-state index is 0.427. The predicted molar refractivity (Wildman–Crippen MR) is 46.4 cm³/mol. The van der Waals surface area contributed by atoms with Gasteiger partial charge >= 0.3 is 6.01 Å². The smallest absolute Gasteiger partial charge is 0.316 e. The van der Waals surface area contributed by atoms with E-state index >= 15 is 0 Å². The monoisotopic (exact) mass is 163 g/mol. The van der Waals surface area contributed by atoms with Crippen molar-refractivity contribution in [1.29, 1.82) is 0 Å². The largest absolute Gasteiger partial charge is 0.467 e. The fraction of sp³-hybridized carbons (Fsp3) is 0.125. The Labute approximate surface area is 69.5 Å². The van der Waals surface area contributed by atoms with Gasteiger partial charge in [-0.15, -0.1) is 0 Å². The average Bonchev–Trinajstić information content (AvgIpc) is 2.44. The van der Waals surface area contributed by atoms with E-state index in [1.807, 2.05) is 24.3 Å². The standard InChI is InChI=1S/C8H9N3O/c1-12-8-10-6-4-2-3-5-7(6)11(8)9/h2-5H,9H2,1H3. The van der Waals surface area contributed by atoms with Gasteiger partial charge in [0, 0.05) is 0 Å². The summed E-state index contributed by atoms with van der Waals surface area (Å²) in [6.07, 6.45) is 0. The second-order valence-corrected chi connectivity index (χ2v) is 2.46. The molecular formula is C8H9N3O. The van der Waals surface area contributed by atoms with Gasteiger partial charge in [0.2, 0.25) is 0 Å². The van der Waals surface area contributed by atoms with Crippen LogP contribution in [0.2, 0.25) is 0 Å². The molecule has 0 amide bonds. The Morgan fingerprint density at radius 3 is 2.83 bits per heavy atom. The lowest BCUT2D eigenvalue weighted by Gasteiger charge is -1.97. The number of hydrogen-bond acceptors (Lipinski definition) is 3. The number of aromatic nitrogens is 2. The average molecular weight is 163 g/mol. The summed E-state index contributed by atoms with van der Waals surface area (Å²) in [4.78, 5) is 4.15. The zero-order valence-electron chi connectivity index (χ0n) is 6.69. The minimum Gasteiger partial charge on any atom is -0.467 e. The maximum Gasteiger partial charge on any atom is 0.316 e. The highest BCUT2D eigenvalue weighted by atomic mass is 16.5. The maximum atomic E-state index is 5.68. The Morgan fingerprint density at radius 2 is 2.17 bits per heavy atom. The molecule has 2 aromatic rings. The lowest BCUT2D eigenvalue weighted by molar-refractivity contribution is 0.372. The van der Waals surface area contributed by atoms with Crippen LogP contribution in [0.15, 0.2) is 24.3 Å². The summed E-state index contributed by atoms with van der Waals surface area (Å²) in [6.45, 7) is 0. The second-order valence-electron chi connectivity index (χ2n) is 2.46. The summed E-state index contributed by atoms with van der Waals surface area (Å²) in [5.41, 5.74) is 1.71. The van der Waals surface area contributed by atoms with Gasteiger partial charge in [-0.25, -0.2) is 4.68 Å². The number of rotatable bonds is 1. The Kier molecular flexibility index (Phi) is 1.40. The molecular weight excluding hydrogens is 154 g/mol. The molecule has 0 radical (unpaired) electrons. The van der Waals surface area contributed by atoms with Gasteiger partial charge in [0.05, 0.1) is 18.1 Å². The highest BCUT2D eigenvalue weighted by Gasteiger charge is 2.05. The van der Waals surface area contributed by atoms with E-state index in [1.165, 1.54) is 4.68 Å². The first-order chi connectivity index (χ1) is 5.83. The molecule has 0 fully saturated rings. The van der Waals surface area contributed by atoms with Crippen molar-refractivity contribution in [1.82, 2.24) is 9.66 Å². The lowest BCUT2D eigenvalue weighted by atomic mass is 10.3. The van der Waals surface area contributed by atoms with Crippen molar-refractivity contribution in [3.63, 3.8) is 0 Å². The van der Waals surface area contributed by atoms with Crippen LogP contribution in [0, 0.1) is 0 Å². The summed E-state index contributed by atoms with van der Waals surface area (Å²) < 4.78 is 6.38. The van der Waals surface area contributed by atoms with Crippen LogP contribution in [0.4, 0.5) is 0 Å². The van der Waals surface area contributed by atoms with E-state index < -0.39 is 0 Å². The predicted octanol–water partition coefficient (Wildman–Crippen LogP) is 0.759. The van der Waals surface area contributed by atoms with Crippen LogP contribution < -0.4 is 10.6 Å². The van der Waals surface area contributed by atoms with Gasteiger partial charge in [0.15, 0.2) is 0 Å². The van der Waals surface area contributed by atoms with Crippen molar-refractivity contribution in [2.75, 3.05) is 13.0 Å². The SMILES string of the molecule is COc1nc2ccccc2n1N. The third kappa shape index (κ3) is 0.812. The van der Waals surface area contributed by atoms with E-state index in [0.717, 1.165) is 11.0 Å². The van der Waals surface area contributed by atoms with Gasteiger partial charge < -0.3 is 10.6 Å². The summed E-state index contributed by atoms with van der Waals surface area (Å²) in [5, 5.41) is 0. The first-order valence-corrected chi connectivity index (χ1v) is 3.59. The number of imidazole rings is 1. The van der Waals surface area contributed by atoms with Gasteiger partial charge in [-0.05, 0) is 12.1 Å². The van der Waals surface area contributed by atoms with Gasteiger partial charge in [0.1, 0.15) is 0 Å². The van der Waals surface area contributed by atoms with Crippen LogP contribution >= 0.6 is 0 Å². The summed E-state index contributed by atoms with van der Waals surface area (Å²) >= 11 is 0. The van der Waals surface area contributed by atoms with Gasteiger partial charge in [-0.1, -0.05) is 12.1 Å². The van der Waals surface area contributed by atoms with Crippen molar-refractivity contribution < 1.29 is 4.74 Å². The van der Waals surface area contributed by atoms with Crippen LogP contribution in [-0.4, -0.2) is 16.8 Å². The molecule has 0 aliphatic heterocycles. The molecule has 0 saturated carbocycles. The van der Waals surface area contributed by atoms with Crippen molar-refractivity contribution in [2.45, 2.75) is 0 Å². The number of benzene rings is 1. The van der Waals surface area contributed by atoms with Crippen LogP contribution in [0.5, 0.6) is 6.01 Å². The van der Waals surface area contributed by atoms with E-state index in [4.69, 9.17) is 10.6 Å². The van der Waals surface area contributed by atoms with Crippen molar-refractivity contribution in [2.24, 2.45) is 0 Å². The van der Waals surface area contributed by atoms with Crippen LogP contribution in [0.3, 0.4) is 0 Å². The van der Waals surface area contributed by atoms with Crippen molar-refractivity contribution in [3.8, 4) is 6.01 Å². The minimum atomic E-state index is 0.427. The quantitative estimate of drug-likeness (QED) is 0.631. The molecule has 0 atom stereocenters. The lowest BCUT2D eigenvalue weighted by Crippen LogP contribution is -2.09. The highest BCUT2D eigenvalue weighted by molar-refractivity contribution is 5.76. The Morgan fingerprint density at radius 1 is 1.42 bits per heavy atom. The zero-order chi connectivity index (χ0) is 8.55. The molecule has 0 aliphatic carbocycles. The number of fused-ring (bicyclic) bond motifs is 1. The first-order valence-electron chi connectivity index (χ1n) is 3.59. The summed E-state index contributed by atoms with van der Waals surface area (Å²) in [7, 11) is 1.55. The van der Waals surface area contributed by atoms with Crippen molar-refractivity contribution >= 4 is 11.0 Å². The van der Waals surface area contributed by atoms with Crippen LogP contribution in [0.25, 0.3) is 11.0 Å². The molecule has 1 aromatic heterocycles. The van der Waals surface area contributed by atoms with E-state index in [2.05, 4.69) is 4.98 Å². The third-order valence-electron chi connectivity index (χ3n) is 1.75. The zero-order valence-corrected chi connectivity index (χ0v) is 6.69. The van der Waals surface area contributed by atoms with E-state index in [1.54, 1.807) is 7.11 Å². The van der Waals surface area contributed by atoms with E-state index in [9.17, 15) is 0 Å². The molecule has 0 unspecified atom stereocenters. The number of methoxy groups -OCH3 is 1. The first kappa shape index (κ1) is 6.97. The molecule has 0 spiro atoms. The van der Waals surface area contributed by atoms with Crippen molar-refractivity contribution in [3.05, 3.63) is 24.3 Å². The number of nitrogens with two attached hydrogens (primary N) is 1. The molecule has 0 bridgehead atoms. The third-order valence-corrected chi connectivity index (χ3v) is 1.75. The fourth-order valence-electron chi connectivity index (χ4n) is 1.17. The molecule has 1 aromatic carbocycles. The molecule has 62 valence electrons. The molecule has 0 aliphatic rings. The second kappa shape index (κ2) is 2.41. The molecule has 4 nitrogen and oxygen atoms in total. The highest BCUT2D eigenvalue weighted by Crippen LogP contribution is 2.16. The number of nitrogen functional groups attached to an aromatic ring is 1. The molecule has 2 N–H and O–H groups in total. The summed E-state index contributed by atoms with van der Waals surface area (Å²) in [6, 6.07) is 8.03. The van der Waals surface area contributed by atoms with E-state index in [0.29, 0.717) is 6.01 Å². The topological polar surface area (TPSA) is 53.1 Å². The molecule has 1 heterocycles. The summed E-state index contributed by atoms with van der Waals surface area (Å²) in [5.74, 6) is 5.68. The van der Waals surface area contributed by atoms with Crippen LogP contribution in [-0.2, 0) is 0 Å². The Hall–Kier alpha value is -1.71. The maximum absolute atomic E-state index is 5.68. The molecule has 4 heteroatoms. The Balaban J connectivity index is 2.78. The van der Waals surface area contributed by atoms with Gasteiger partial charge in [-0.3, -0.25) is 0 Å². The van der Waals surface area contributed by atoms with Gasteiger partial charge in [-0.2, -0.15) is 4.98 Å². The van der Waals surface area contributed by atoms with Gasteiger partial charge in [0.25, 0.3) is 0 Å². The fourth-order valence-corrected chi connectivity index (χ4v) is 1.17. The number of hydrogen-bond donors (Lipinski definition) is 1. The normalized spacial score (nSPS) is 10.4. The van der Waals surface area contributed by atoms with E-state index in [-0.39, 0.29) is 0 Å². The van der Waals surface area contributed by atoms with Crippen LogP contribution in [0.1, 0.15) is 0 Å². The molecule has 0 saturated heterocycles. The number of nitrogens with zero attached hydrogens (tertiary/aromatic N) is 2. The Bertz CT molecular complexity index is 408.